The van der Waals surface area contributed by atoms with Crippen LogP contribution in [0.4, 0.5) is 0 Å². The van der Waals surface area contributed by atoms with Crippen molar-refractivity contribution in [1.82, 2.24) is 5.32 Å². The van der Waals surface area contributed by atoms with Crippen molar-refractivity contribution in [2.75, 3.05) is 6.79 Å². The number of nitrogens with one attached hydrogen (secondary N) is 1. The Kier molecular flexibility index (Phi) is 2.99. The molecule has 1 N–H and O–H groups in total. The number of hydrogen-bond donors (Lipinski definition) is 1. The fourth-order valence-corrected chi connectivity index (χ4v) is 1.61. The Bertz CT molecular complexity index is 403. The van der Waals surface area contributed by atoms with E-state index in [0.29, 0.717) is 6.42 Å². The maximum Gasteiger partial charge on any atom is 0.231 e. The van der Waals surface area contributed by atoms with Crippen molar-refractivity contribution in [3.8, 4) is 11.5 Å². The molecule has 16 heavy (non-hydrogen) atoms. The number of carbonyl (C=O) groups is 1. The van der Waals surface area contributed by atoms with Gasteiger partial charge in [0.05, 0.1) is 6.04 Å². The second-order valence-electron chi connectivity index (χ2n) is 3.76. The molecular formula is C12H15NO3. The number of carbonyl (C=O) groups excluding carboxylic acids is 1. The topological polar surface area (TPSA) is 47.6 Å². The molecule has 0 aliphatic carbocycles. The van der Waals surface area contributed by atoms with Gasteiger partial charge >= 0.3 is 0 Å². The number of fused-ring (bicyclic) bond motifs is 1. The summed E-state index contributed by atoms with van der Waals surface area (Å²) < 4.78 is 10.5. The van der Waals surface area contributed by atoms with Crippen molar-refractivity contribution in [3.05, 3.63) is 23.8 Å². The molecule has 4 heteroatoms. The summed E-state index contributed by atoms with van der Waals surface area (Å²) in [5.41, 5.74) is 1.02. The molecule has 86 valence electrons. The van der Waals surface area contributed by atoms with Crippen LogP contribution in [-0.2, 0) is 4.79 Å². The lowest BCUT2D eigenvalue weighted by Gasteiger charge is -2.14. The van der Waals surface area contributed by atoms with Crippen molar-refractivity contribution >= 4 is 5.91 Å². The van der Waals surface area contributed by atoms with Gasteiger partial charge < -0.3 is 14.8 Å². The fourth-order valence-electron chi connectivity index (χ4n) is 1.61. The molecule has 0 bridgehead atoms. The molecule has 0 fully saturated rings. The van der Waals surface area contributed by atoms with Crippen LogP contribution in [0.3, 0.4) is 0 Å². The maximum atomic E-state index is 11.3. The van der Waals surface area contributed by atoms with Gasteiger partial charge in [-0.25, -0.2) is 0 Å². The minimum absolute atomic E-state index is 0.0121. The highest BCUT2D eigenvalue weighted by Gasteiger charge is 2.16. The minimum atomic E-state index is -0.0121. The molecule has 1 aliphatic rings. The van der Waals surface area contributed by atoms with Gasteiger partial charge in [0, 0.05) is 6.42 Å². The Morgan fingerprint density at radius 2 is 2.19 bits per heavy atom. The van der Waals surface area contributed by atoms with E-state index in [1.165, 1.54) is 0 Å². The van der Waals surface area contributed by atoms with Gasteiger partial charge in [0.2, 0.25) is 12.7 Å². The first-order valence-electron chi connectivity index (χ1n) is 5.39. The summed E-state index contributed by atoms with van der Waals surface area (Å²) >= 11 is 0. The van der Waals surface area contributed by atoms with Crippen LogP contribution >= 0.6 is 0 Å². The van der Waals surface area contributed by atoms with Crippen LogP contribution in [0.25, 0.3) is 0 Å². The minimum Gasteiger partial charge on any atom is -0.454 e. The zero-order valence-electron chi connectivity index (χ0n) is 9.45. The van der Waals surface area contributed by atoms with Gasteiger partial charge in [0.25, 0.3) is 0 Å². The SMILES string of the molecule is CCC(=O)NC(C)c1ccc2c(c1)OCO2. The van der Waals surface area contributed by atoms with Crippen molar-refractivity contribution in [3.63, 3.8) is 0 Å². The third-order valence-corrected chi connectivity index (χ3v) is 2.60. The number of benzene rings is 1. The molecule has 1 atom stereocenters. The van der Waals surface area contributed by atoms with Gasteiger partial charge in [-0.2, -0.15) is 0 Å². The fraction of sp³-hybridized carbons (Fsp3) is 0.417. The normalized spacial score (nSPS) is 14.6. The van der Waals surface area contributed by atoms with Crippen LogP contribution in [0.5, 0.6) is 11.5 Å². The molecule has 1 aromatic rings. The van der Waals surface area contributed by atoms with Crippen molar-refractivity contribution in [2.45, 2.75) is 26.3 Å². The van der Waals surface area contributed by atoms with E-state index < -0.39 is 0 Å². The molecule has 1 unspecified atom stereocenters. The molecule has 0 saturated carbocycles. The van der Waals surface area contributed by atoms with Crippen molar-refractivity contribution in [2.24, 2.45) is 0 Å². The van der Waals surface area contributed by atoms with E-state index in [-0.39, 0.29) is 18.7 Å². The second-order valence-corrected chi connectivity index (χ2v) is 3.76. The first-order chi connectivity index (χ1) is 7.70. The average Bonchev–Trinajstić information content (AvgIpc) is 2.75. The first-order valence-corrected chi connectivity index (χ1v) is 5.39. The quantitative estimate of drug-likeness (QED) is 0.849. The van der Waals surface area contributed by atoms with Gasteiger partial charge in [0.1, 0.15) is 0 Å². The highest BCUT2D eigenvalue weighted by atomic mass is 16.7. The van der Waals surface area contributed by atoms with Gasteiger partial charge in [-0.15, -0.1) is 0 Å². The smallest absolute Gasteiger partial charge is 0.231 e. The van der Waals surface area contributed by atoms with E-state index in [1.807, 2.05) is 32.0 Å². The van der Waals surface area contributed by atoms with E-state index >= 15 is 0 Å². The summed E-state index contributed by atoms with van der Waals surface area (Å²) in [6, 6.07) is 5.70. The van der Waals surface area contributed by atoms with E-state index in [2.05, 4.69) is 5.32 Å². The molecular weight excluding hydrogens is 206 g/mol. The first kappa shape index (κ1) is 10.8. The molecule has 0 saturated heterocycles. The third-order valence-electron chi connectivity index (χ3n) is 2.60. The molecule has 4 nitrogen and oxygen atoms in total. The zero-order chi connectivity index (χ0) is 11.5. The molecule has 1 aromatic carbocycles. The Morgan fingerprint density at radius 3 is 2.94 bits per heavy atom. The lowest BCUT2D eigenvalue weighted by molar-refractivity contribution is -0.121. The van der Waals surface area contributed by atoms with Gasteiger partial charge in [-0.3, -0.25) is 4.79 Å². The second kappa shape index (κ2) is 4.43. The summed E-state index contributed by atoms with van der Waals surface area (Å²) in [5, 5.41) is 2.90. The summed E-state index contributed by atoms with van der Waals surface area (Å²) in [6.07, 6.45) is 0.495. The third kappa shape index (κ3) is 2.10. The summed E-state index contributed by atoms with van der Waals surface area (Å²) in [4.78, 5) is 11.3. The van der Waals surface area contributed by atoms with Gasteiger partial charge in [0.15, 0.2) is 11.5 Å². The van der Waals surface area contributed by atoms with Gasteiger partial charge in [-0.05, 0) is 24.6 Å². The van der Waals surface area contributed by atoms with Crippen LogP contribution < -0.4 is 14.8 Å². The van der Waals surface area contributed by atoms with Crippen LogP contribution in [0.2, 0.25) is 0 Å². The van der Waals surface area contributed by atoms with Crippen LogP contribution in [0.1, 0.15) is 31.9 Å². The largest absolute Gasteiger partial charge is 0.454 e. The monoisotopic (exact) mass is 221 g/mol. The van der Waals surface area contributed by atoms with E-state index in [0.717, 1.165) is 17.1 Å². The standard InChI is InChI=1S/C12H15NO3/c1-3-12(14)13-8(2)9-4-5-10-11(6-9)16-7-15-10/h4-6,8H,3,7H2,1-2H3,(H,13,14). The van der Waals surface area contributed by atoms with Crippen molar-refractivity contribution in [1.29, 1.82) is 0 Å². The molecule has 2 rings (SSSR count). The highest BCUT2D eigenvalue weighted by molar-refractivity contribution is 5.76. The number of ether oxygens (including phenoxy) is 2. The Balaban J connectivity index is 2.12. The summed E-state index contributed by atoms with van der Waals surface area (Å²) in [7, 11) is 0. The molecule has 0 aromatic heterocycles. The lowest BCUT2D eigenvalue weighted by atomic mass is 10.1. The summed E-state index contributed by atoms with van der Waals surface area (Å²) in [5.74, 6) is 1.55. The number of hydrogen-bond acceptors (Lipinski definition) is 3. The number of rotatable bonds is 3. The van der Waals surface area contributed by atoms with Crippen LogP contribution in [0.15, 0.2) is 18.2 Å². The van der Waals surface area contributed by atoms with Crippen molar-refractivity contribution < 1.29 is 14.3 Å². The molecule has 1 aliphatic heterocycles. The van der Waals surface area contributed by atoms with Crippen LogP contribution in [0, 0.1) is 0 Å². The van der Waals surface area contributed by atoms with E-state index in [9.17, 15) is 4.79 Å². The summed E-state index contributed by atoms with van der Waals surface area (Å²) in [6.45, 7) is 4.06. The lowest BCUT2D eigenvalue weighted by Crippen LogP contribution is -2.25. The van der Waals surface area contributed by atoms with E-state index in [4.69, 9.17) is 9.47 Å². The molecule has 0 radical (unpaired) electrons. The highest BCUT2D eigenvalue weighted by Crippen LogP contribution is 2.34. The van der Waals surface area contributed by atoms with Gasteiger partial charge in [-0.1, -0.05) is 13.0 Å². The Hall–Kier alpha value is -1.71. The van der Waals surface area contributed by atoms with E-state index in [1.54, 1.807) is 0 Å². The molecule has 1 amide bonds. The van der Waals surface area contributed by atoms with Crippen LogP contribution in [-0.4, -0.2) is 12.7 Å². The number of amides is 1. The average molecular weight is 221 g/mol. The Labute approximate surface area is 94.6 Å². The zero-order valence-corrected chi connectivity index (χ0v) is 9.45. The molecule has 1 heterocycles. The Morgan fingerprint density at radius 1 is 1.44 bits per heavy atom. The molecule has 0 spiro atoms. The maximum absolute atomic E-state index is 11.3. The predicted molar refractivity (Wildman–Crippen MR) is 59.4 cm³/mol. The predicted octanol–water partition coefficient (Wildman–Crippen LogP) is 2.00.